The van der Waals surface area contributed by atoms with Gasteiger partial charge in [-0.25, -0.2) is 0 Å². The lowest BCUT2D eigenvalue weighted by molar-refractivity contribution is 1.61. The van der Waals surface area contributed by atoms with Crippen LogP contribution in [-0.2, 0) is 0 Å². The summed E-state index contributed by atoms with van der Waals surface area (Å²) in [6.07, 6.45) is 0. The molecule has 150 valence electrons. The van der Waals surface area contributed by atoms with Gasteiger partial charge in [-0.1, -0.05) is 108 Å². The lowest BCUT2D eigenvalue weighted by Crippen LogP contribution is -1.86. The van der Waals surface area contributed by atoms with Crippen LogP contribution in [0.1, 0.15) is 0 Å². The Hall–Kier alpha value is -2.84. The van der Waals surface area contributed by atoms with Crippen molar-refractivity contribution in [3.8, 4) is 43.1 Å². The smallest absolute Gasteiger partial charge is 0.0434 e. The molecule has 0 saturated carbocycles. The molecule has 0 atom stereocenters. The van der Waals surface area contributed by atoms with Crippen LogP contribution in [0.15, 0.2) is 109 Å². The fourth-order valence-electron chi connectivity index (χ4n) is 3.80. The second-order valence-electron chi connectivity index (χ2n) is 7.26. The molecule has 0 spiro atoms. The Labute approximate surface area is 196 Å². The highest BCUT2D eigenvalue weighted by molar-refractivity contribution is 7.20. The SMILES string of the molecule is Clc1ccc(-c2c(-c3ccccc3)sc(-c3ccccc3)c2-c2ccc(Cl)cc2)cc1. The van der Waals surface area contributed by atoms with Crippen LogP contribution < -0.4 is 0 Å². The van der Waals surface area contributed by atoms with Crippen LogP contribution in [0.4, 0.5) is 0 Å². The van der Waals surface area contributed by atoms with E-state index in [4.69, 9.17) is 23.2 Å². The zero-order chi connectivity index (χ0) is 21.2. The molecule has 0 aliphatic carbocycles. The van der Waals surface area contributed by atoms with Gasteiger partial charge < -0.3 is 0 Å². The highest BCUT2D eigenvalue weighted by Gasteiger charge is 2.23. The van der Waals surface area contributed by atoms with Gasteiger partial charge in [0, 0.05) is 30.9 Å². The van der Waals surface area contributed by atoms with Crippen LogP contribution in [0.5, 0.6) is 0 Å². The lowest BCUT2D eigenvalue weighted by Gasteiger charge is -2.11. The molecule has 0 saturated heterocycles. The lowest BCUT2D eigenvalue weighted by atomic mass is 9.91. The van der Waals surface area contributed by atoms with Crippen LogP contribution in [0, 0.1) is 0 Å². The molecule has 0 nitrogen and oxygen atoms in total. The molecule has 1 heterocycles. The fourth-order valence-corrected chi connectivity index (χ4v) is 5.41. The molecule has 4 aromatic carbocycles. The molecule has 5 rings (SSSR count). The first-order valence-corrected chi connectivity index (χ1v) is 11.6. The van der Waals surface area contributed by atoms with Gasteiger partial charge in [-0.3, -0.25) is 0 Å². The topological polar surface area (TPSA) is 0 Å². The van der Waals surface area contributed by atoms with Crippen LogP contribution in [0.3, 0.4) is 0 Å². The maximum absolute atomic E-state index is 6.22. The molecule has 31 heavy (non-hydrogen) atoms. The number of benzene rings is 4. The third kappa shape index (κ3) is 4.05. The Morgan fingerprint density at radius 1 is 0.387 bits per heavy atom. The van der Waals surface area contributed by atoms with E-state index in [2.05, 4.69) is 84.9 Å². The molecule has 0 N–H and O–H groups in total. The van der Waals surface area contributed by atoms with Crippen molar-refractivity contribution in [2.24, 2.45) is 0 Å². The van der Waals surface area contributed by atoms with Crippen molar-refractivity contribution in [2.45, 2.75) is 0 Å². The molecule has 1 aromatic heterocycles. The largest absolute Gasteiger partial charge is 0.134 e. The van der Waals surface area contributed by atoms with E-state index in [1.165, 1.54) is 32.0 Å². The second kappa shape index (κ2) is 8.72. The van der Waals surface area contributed by atoms with Crippen LogP contribution in [0.25, 0.3) is 43.1 Å². The number of hydrogen-bond acceptors (Lipinski definition) is 1. The van der Waals surface area contributed by atoms with E-state index in [1.54, 1.807) is 0 Å². The monoisotopic (exact) mass is 456 g/mol. The zero-order valence-corrected chi connectivity index (χ0v) is 18.9. The van der Waals surface area contributed by atoms with Gasteiger partial charge in [0.2, 0.25) is 0 Å². The molecule has 0 bridgehead atoms. The quantitative estimate of drug-likeness (QED) is 0.252. The van der Waals surface area contributed by atoms with Crippen LogP contribution in [-0.4, -0.2) is 0 Å². The summed E-state index contributed by atoms with van der Waals surface area (Å²) in [7, 11) is 0. The fraction of sp³-hybridized carbons (Fsp3) is 0. The summed E-state index contributed by atoms with van der Waals surface area (Å²) in [5.41, 5.74) is 7.13. The molecule has 0 aliphatic rings. The summed E-state index contributed by atoms with van der Waals surface area (Å²) in [4.78, 5) is 2.48. The Bertz CT molecular complexity index is 1200. The number of rotatable bonds is 4. The molecule has 0 unspecified atom stereocenters. The van der Waals surface area contributed by atoms with Gasteiger partial charge in [0.05, 0.1) is 0 Å². The molecule has 0 fully saturated rings. The van der Waals surface area contributed by atoms with E-state index < -0.39 is 0 Å². The van der Waals surface area contributed by atoms with Crippen LogP contribution in [0.2, 0.25) is 10.0 Å². The van der Waals surface area contributed by atoms with Crippen molar-refractivity contribution in [1.82, 2.24) is 0 Å². The first kappa shape index (κ1) is 20.1. The van der Waals surface area contributed by atoms with E-state index in [0.717, 1.165) is 21.2 Å². The normalized spacial score (nSPS) is 10.9. The second-order valence-corrected chi connectivity index (χ2v) is 9.15. The van der Waals surface area contributed by atoms with Gasteiger partial charge in [0.1, 0.15) is 0 Å². The van der Waals surface area contributed by atoms with Gasteiger partial charge in [-0.2, -0.15) is 0 Å². The highest BCUT2D eigenvalue weighted by atomic mass is 35.5. The van der Waals surface area contributed by atoms with Crippen molar-refractivity contribution in [2.75, 3.05) is 0 Å². The number of thiophene rings is 1. The van der Waals surface area contributed by atoms with Gasteiger partial charge in [0.15, 0.2) is 0 Å². The number of hydrogen-bond donors (Lipinski definition) is 0. The first-order valence-electron chi connectivity index (χ1n) is 10.0. The van der Waals surface area contributed by atoms with Crippen molar-refractivity contribution >= 4 is 34.5 Å². The van der Waals surface area contributed by atoms with Gasteiger partial charge >= 0.3 is 0 Å². The third-order valence-corrected chi connectivity index (χ3v) is 7.04. The van der Waals surface area contributed by atoms with Gasteiger partial charge in [-0.05, 0) is 46.5 Å². The van der Waals surface area contributed by atoms with Crippen molar-refractivity contribution in [1.29, 1.82) is 0 Å². The maximum atomic E-state index is 6.22. The Morgan fingerprint density at radius 3 is 1.10 bits per heavy atom. The van der Waals surface area contributed by atoms with E-state index in [9.17, 15) is 0 Å². The average molecular weight is 457 g/mol. The standard InChI is InChI=1S/C28H18Cl2S/c29-23-15-11-19(12-16-23)25-26(20-13-17-24(30)18-14-20)28(22-9-5-2-6-10-22)31-27(25)21-7-3-1-4-8-21/h1-18H. The molecule has 0 amide bonds. The number of halogens is 2. The van der Waals surface area contributed by atoms with Gasteiger partial charge in [0.25, 0.3) is 0 Å². The summed E-state index contributed by atoms with van der Waals surface area (Å²) in [6, 6.07) is 37.4. The summed E-state index contributed by atoms with van der Waals surface area (Å²) in [6.45, 7) is 0. The predicted octanol–water partition coefficient (Wildman–Crippen LogP) is 9.72. The highest BCUT2D eigenvalue weighted by Crippen LogP contribution is 2.52. The molecule has 0 aliphatic heterocycles. The minimum atomic E-state index is 0.733. The summed E-state index contributed by atoms with van der Waals surface area (Å²) in [5, 5.41) is 1.47. The molecule has 5 aromatic rings. The third-order valence-electron chi connectivity index (χ3n) is 5.25. The predicted molar refractivity (Wildman–Crippen MR) is 136 cm³/mol. The first-order chi connectivity index (χ1) is 15.2. The van der Waals surface area contributed by atoms with E-state index in [0.29, 0.717) is 0 Å². The summed E-state index contributed by atoms with van der Waals surface area (Å²) in [5.74, 6) is 0. The molecule has 0 radical (unpaired) electrons. The minimum Gasteiger partial charge on any atom is -0.134 e. The molecule has 3 heteroatoms. The maximum Gasteiger partial charge on any atom is 0.0434 e. The summed E-state index contributed by atoms with van der Waals surface area (Å²) >= 11 is 14.3. The van der Waals surface area contributed by atoms with Crippen molar-refractivity contribution in [3.63, 3.8) is 0 Å². The minimum absolute atomic E-state index is 0.733. The molecular formula is C28H18Cl2S. The van der Waals surface area contributed by atoms with Crippen molar-refractivity contribution in [3.05, 3.63) is 119 Å². The van der Waals surface area contributed by atoms with E-state index in [-0.39, 0.29) is 0 Å². The van der Waals surface area contributed by atoms with Gasteiger partial charge in [-0.15, -0.1) is 11.3 Å². The summed E-state index contributed by atoms with van der Waals surface area (Å²) < 4.78 is 0. The average Bonchev–Trinajstić information content (AvgIpc) is 3.22. The zero-order valence-electron chi connectivity index (χ0n) is 16.6. The van der Waals surface area contributed by atoms with Crippen molar-refractivity contribution < 1.29 is 0 Å². The Balaban J connectivity index is 1.88. The Kier molecular flexibility index (Phi) is 5.65. The van der Waals surface area contributed by atoms with E-state index >= 15 is 0 Å². The molecular weight excluding hydrogens is 439 g/mol. The van der Waals surface area contributed by atoms with E-state index in [1.807, 2.05) is 35.6 Å². The Morgan fingerprint density at radius 2 is 0.742 bits per heavy atom. The van der Waals surface area contributed by atoms with Crippen LogP contribution >= 0.6 is 34.5 Å².